The average Bonchev–Trinajstić information content (AvgIpc) is 3.37. The van der Waals surface area contributed by atoms with Crippen molar-refractivity contribution in [3.05, 3.63) is 83.1 Å². The molecule has 5 heteroatoms. The van der Waals surface area contributed by atoms with Gasteiger partial charge in [-0.25, -0.2) is 4.98 Å². The Balaban J connectivity index is 1.69. The summed E-state index contributed by atoms with van der Waals surface area (Å²) in [6.45, 7) is 4.24. The third kappa shape index (κ3) is 3.33. The monoisotopic (exact) mass is 387 g/mol. The zero-order valence-electron chi connectivity index (χ0n) is 15.6. The molecule has 0 saturated heterocycles. The second-order valence-electron chi connectivity index (χ2n) is 6.83. The first-order chi connectivity index (χ1) is 13.6. The molecule has 138 valence electrons. The molecule has 0 radical (unpaired) electrons. The maximum atomic E-state index is 8.94. The number of nitriles is 1. The lowest BCUT2D eigenvalue weighted by Gasteiger charge is -2.12. The highest BCUT2D eigenvalue weighted by atomic mass is 35.5. The number of halogens is 1. The molecule has 0 saturated carbocycles. The second kappa shape index (κ2) is 7.38. The molecule has 0 unspecified atom stereocenters. The van der Waals surface area contributed by atoms with Crippen molar-refractivity contribution in [2.24, 2.45) is 0 Å². The van der Waals surface area contributed by atoms with Crippen molar-refractivity contribution >= 4 is 11.6 Å². The smallest absolute Gasteiger partial charge is 0.180 e. The van der Waals surface area contributed by atoms with Crippen LogP contribution in [0.4, 0.5) is 0 Å². The number of benzene rings is 2. The fraction of sp³-hybridized carbons (Fsp3) is 0.130. The van der Waals surface area contributed by atoms with Gasteiger partial charge >= 0.3 is 0 Å². The number of nitrogens with zero attached hydrogens (tertiary/aromatic N) is 3. The fourth-order valence-electron chi connectivity index (χ4n) is 3.15. The van der Waals surface area contributed by atoms with Crippen LogP contribution in [0.5, 0.6) is 0 Å². The number of rotatable bonds is 4. The van der Waals surface area contributed by atoms with E-state index in [2.05, 4.69) is 31.0 Å². The molecule has 0 aliphatic heterocycles. The predicted octanol–water partition coefficient (Wildman–Crippen LogP) is 6.45. The van der Waals surface area contributed by atoms with E-state index in [9.17, 15) is 0 Å². The number of aromatic nitrogens is 2. The van der Waals surface area contributed by atoms with Crippen LogP contribution in [0, 0.1) is 11.3 Å². The van der Waals surface area contributed by atoms with Gasteiger partial charge in [-0.15, -0.1) is 0 Å². The molecule has 4 nitrogen and oxygen atoms in total. The highest BCUT2D eigenvalue weighted by molar-refractivity contribution is 6.31. The summed E-state index contributed by atoms with van der Waals surface area (Å²) in [5.41, 5.74) is 3.58. The van der Waals surface area contributed by atoms with Crippen molar-refractivity contribution in [3.63, 3.8) is 0 Å². The molecule has 0 aliphatic rings. The zero-order valence-corrected chi connectivity index (χ0v) is 16.3. The van der Waals surface area contributed by atoms with E-state index < -0.39 is 0 Å². The lowest BCUT2D eigenvalue weighted by atomic mass is 10.0. The van der Waals surface area contributed by atoms with Crippen molar-refractivity contribution in [2.45, 2.75) is 19.8 Å². The van der Waals surface area contributed by atoms with E-state index >= 15 is 0 Å². The number of hydrogen-bond donors (Lipinski definition) is 0. The first-order valence-corrected chi connectivity index (χ1v) is 9.38. The molecule has 0 atom stereocenters. The number of furan rings is 1. The molecule has 4 aromatic rings. The molecule has 0 N–H and O–H groups in total. The quantitative estimate of drug-likeness (QED) is 0.404. The molecular formula is C23H18ClN3O. The summed E-state index contributed by atoms with van der Waals surface area (Å²) >= 11 is 6.47. The summed E-state index contributed by atoms with van der Waals surface area (Å²) in [6, 6.07) is 19.3. The zero-order chi connectivity index (χ0) is 19.7. The van der Waals surface area contributed by atoms with Gasteiger partial charge in [-0.1, -0.05) is 31.5 Å². The van der Waals surface area contributed by atoms with Crippen LogP contribution >= 0.6 is 11.6 Å². The van der Waals surface area contributed by atoms with Gasteiger partial charge in [-0.3, -0.25) is 4.57 Å². The summed E-state index contributed by atoms with van der Waals surface area (Å²) in [5.74, 6) is 2.45. The molecule has 0 fully saturated rings. The van der Waals surface area contributed by atoms with Crippen LogP contribution < -0.4 is 0 Å². The van der Waals surface area contributed by atoms with Crippen LogP contribution in [0.15, 0.2) is 71.4 Å². The van der Waals surface area contributed by atoms with Crippen LogP contribution in [0.1, 0.15) is 30.9 Å². The maximum Gasteiger partial charge on any atom is 0.180 e. The summed E-state index contributed by atoms with van der Waals surface area (Å²) in [5, 5.41) is 9.68. The molecule has 2 heterocycles. The van der Waals surface area contributed by atoms with E-state index in [1.165, 1.54) is 0 Å². The van der Waals surface area contributed by atoms with Gasteiger partial charge < -0.3 is 4.42 Å². The molecule has 0 bridgehead atoms. The van der Waals surface area contributed by atoms with Crippen LogP contribution in [0.3, 0.4) is 0 Å². The van der Waals surface area contributed by atoms with Crippen LogP contribution in [0.2, 0.25) is 5.02 Å². The first kappa shape index (κ1) is 18.1. The molecule has 2 aromatic carbocycles. The standard InChI is InChI=1S/C23H18ClN3O/c1-15(2)19-8-7-18(13-20(19)24)27-12-11-26-23(27)22-10-9-21(28-22)17-5-3-16(14-25)4-6-17/h3-13,15H,1-2H3. The lowest BCUT2D eigenvalue weighted by molar-refractivity contribution is 0.590. The Kier molecular flexibility index (Phi) is 4.77. The third-order valence-electron chi connectivity index (χ3n) is 4.65. The fourth-order valence-corrected chi connectivity index (χ4v) is 3.54. The SMILES string of the molecule is CC(C)c1ccc(-n2ccnc2-c2ccc(-c3ccc(C#N)cc3)o2)cc1Cl. The topological polar surface area (TPSA) is 54.8 Å². The van der Waals surface area contributed by atoms with E-state index in [1.54, 1.807) is 18.3 Å². The van der Waals surface area contributed by atoms with Gasteiger partial charge in [0.2, 0.25) is 0 Å². The van der Waals surface area contributed by atoms with E-state index in [1.807, 2.05) is 47.2 Å². The molecule has 28 heavy (non-hydrogen) atoms. The van der Waals surface area contributed by atoms with E-state index in [-0.39, 0.29) is 0 Å². The van der Waals surface area contributed by atoms with Gasteiger partial charge in [0.05, 0.1) is 11.6 Å². The van der Waals surface area contributed by atoms with Crippen molar-refractivity contribution in [1.29, 1.82) is 5.26 Å². The van der Waals surface area contributed by atoms with Gasteiger partial charge in [0.15, 0.2) is 11.6 Å². The van der Waals surface area contributed by atoms with Crippen molar-refractivity contribution in [3.8, 4) is 34.7 Å². The summed E-state index contributed by atoms with van der Waals surface area (Å²) in [6.07, 6.45) is 3.63. The Morgan fingerprint density at radius 3 is 2.46 bits per heavy atom. The highest BCUT2D eigenvalue weighted by Crippen LogP contribution is 2.31. The van der Waals surface area contributed by atoms with Crippen molar-refractivity contribution in [2.75, 3.05) is 0 Å². The number of hydrogen-bond acceptors (Lipinski definition) is 3. The average molecular weight is 388 g/mol. The van der Waals surface area contributed by atoms with Crippen LogP contribution in [-0.4, -0.2) is 9.55 Å². The molecule has 2 aromatic heterocycles. The Morgan fingerprint density at radius 1 is 1.04 bits per heavy atom. The highest BCUT2D eigenvalue weighted by Gasteiger charge is 2.14. The predicted molar refractivity (Wildman–Crippen MR) is 111 cm³/mol. The maximum absolute atomic E-state index is 8.94. The van der Waals surface area contributed by atoms with Gasteiger partial charge in [-0.2, -0.15) is 5.26 Å². The van der Waals surface area contributed by atoms with Gasteiger partial charge in [0.25, 0.3) is 0 Å². The minimum atomic E-state index is 0.365. The van der Waals surface area contributed by atoms with Crippen molar-refractivity contribution < 1.29 is 4.42 Å². The second-order valence-corrected chi connectivity index (χ2v) is 7.24. The van der Waals surface area contributed by atoms with Gasteiger partial charge in [0.1, 0.15) is 5.76 Å². The van der Waals surface area contributed by atoms with Gasteiger partial charge in [0, 0.05) is 28.7 Å². The Bertz CT molecular complexity index is 1160. The Labute approximate surface area is 168 Å². The Morgan fingerprint density at radius 2 is 1.79 bits per heavy atom. The van der Waals surface area contributed by atoms with E-state index in [0.717, 1.165) is 27.6 Å². The van der Waals surface area contributed by atoms with Crippen molar-refractivity contribution in [1.82, 2.24) is 9.55 Å². The Hall–Kier alpha value is -3.29. The van der Waals surface area contributed by atoms with E-state index in [4.69, 9.17) is 21.3 Å². The van der Waals surface area contributed by atoms with Gasteiger partial charge in [-0.05, 0) is 60.0 Å². The lowest BCUT2D eigenvalue weighted by Crippen LogP contribution is -1.97. The summed E-state index contributed by atoms with van der Waals surface area (Å²) in [7, 11) is 0. The molecule has 0 spiro atoms. The first-order valence-electron chi connectivity index (χ1n) is 9.00. The molecule has 4 rings (SSSR count). The molecule has 0 amide bonds. The minimum absolute atomic E-state index is 0.365. The third-order valence-corrected chi connectivity index (χ3v) is 4.98. The van der Waals surface area contributed by atoms with Crippen LogP contribution in [0.25, 0.3) is 28.6 Å². The van der Waals surface area contributed by atoms with Crippen LogP contribution in [-0.2, 0) is 0 Å². The normalized spacial score (nSPS) is 11.0. The largest absolute Gasteiger partial charge is 0.453 e. The molecule has 0 aliphatic carbocycles. The van der Waals surface area contributed by atoms with E-state index in [0.29, 0.717) is 23.1 Å². The summed E-state index contributed by atoms with van der Waals surface area (Å²) < 4.78 is 8.00. The minimum Gasteiger partial charge on any atom is -0.453 e. The summed E-state index contributed by atoms with van der Waals surface area (Å²) in [4.78, 5) is 4.47. The molecular weight excluding hydrogens is 370 g/mol. The number of imidazole rings is 1.